The third-order valence-electron chi connectivity index (χ3n) is 5.39. The van der Waals surface area contributed by atoms with Crippen LogP contribution in [0.2, 0.25) is 0 Å². The van der Waals surface area contributed by atoms with Gasteiger partial charge in [0.15, 0.2) is 18.1 Å². The van der Waals surface area contributed by atoms with Crippen LogP contribution >= 0.6 is 0 Å². The van der Waals surface area contributed by atoms with Crippen LogP contribution in [0.4, 0.5) is 0 Å². The molecule has 3 aromatic rings. The Morgan fingerprint density at radius 3 is 2.18 bits per heavy atom. The van der Waals surface area contributed by atoms with Gasteiger partial charge >= 0.3 is 5.97 Å². The number of fused-ring (bicyclic) bond motifs is 1. The smallest absolute Gasteiger partial charge is 0.310 e. The maximum Gasteiger partial charge on any atom is 0.310 e. The Kier molecular flexibility index (Phi) is 7.59. The van der Waals surface area contributed by atoms with Crippen LogP contribution in [0.5, 0.6) is 11.5 Å². The van der Waals surface area contributed by atoms with Crippen LogP contribution in [-0.4, -0.2) is 43.1 Å². The molecule has 0 atom stereocenters. The van der Waals surface area contributed by atoms with Gasteiger partial charge in [-0.15, -0.1) is 0 Å². The maximum atomic E-state index is 12.9. The summed E-state index contributed by atoms with van der Waals surface area (Å²) in [5.41, 5.74) is 2.93. The lowest BCUT2D eigenvalue weighted by Crippen LogP contribution is -2.36. The number of carbonyl (C=O) groups is 2. The van der Waals surface area contributed by atoms with E-state index in [2.05, 4.69) is 0 Å². The topological polar surface area (TPSA) is 65.1 Å². The number of esters is 1. The molecule has 0 spiro atoms. The van der Waals surface area contributed by atoms with Crippen LogP contribution in [0, 0.1) is 0 Å². The van der Waals surface area contributed by atoms with Crippen molar-refractivity contribution < 1.29 is 23.8 Å². The van der Waals surface area contributed by atoms with Gasteiger partial charge in [-0.25, -0.2) is 0 Å². The molecule has 0 radical (unpaired) electrons. The Bertz CT molecular complexity index is 1070. The molecule has 1 aliphatic heterocycles. The number of hydrogen-bond acceptors (Lipinski definition) is 5. The average Bonchev–Trinajstić information content (AvgIpc) is 2.86. The number of hydrogen-bond donors (Lipinski definition) is 0. The molecule has 170 valence electrons. The Morgan fingerprint density at radius 2 is 1.45 bits per heavy atom. The third kappa shape index (κ3) is 6.59. The zero-order chi connectivity index (χ0) is 22.9. The van der Waals surface area contributed by atoms with Gasteiger partial charge in [-0.1, -0.05) is 66.7 Å². The number of amides is 1. The molecule has 0 fully saturated rings. The lowest BCUT2D eigenvalue weighted by molar-refractivity contribution is -0.151. The largest absolute Gasteiger partial charge is 0.486 e. The second kappa shape index (κ2) is 11.2. The molecule has 1 aliphatic rings. The van der Waals surface area contributed by atoms with Crippen LogP contribution in [-0.2, 0) is 33.7 Å². The summed E-state index contributed by atoms with van der Waals surface area (Å²) < 4.78 is 16.4. The van der Waals surface area contributed by atoms with Crippen molar-refractivity contribution in [2.24, 2.45) is 0 Å². The fraction of sp³-hybridized carbons (Fsp3) is 0.259. The zero-order valence-corrected chi connectivity index (χ0v) is 18.4. The lowest BCUT2D eigenvalue weighted by Gasteiger charge is -2.23. The summed E-state index contributed by atoms with van der Waals surface area (Å²) in [5.74, 6) is 0.620. The number of rotatable bonds is 9. The number of benzene rings is 3. The van der Waals surface area contributed by atoms with E-state index < -0.39 is 5.97 Å². The minimum atomic E-state index is -0.456. The number of ether oxygens (including phenoxy) is 3. The lowest BCUT2D eigenvalue weighted by atomic mass is 10.1. The third-order valence-corrected chi connectivity index (χ3v) is 5.39. The first-order valence-corrected chi connectivity index (χ1v) is 11.1. The van der Waals surface area contributed by atoms with E-state index >= 15 is 0 Å². The number of carbonyl (C=O) groups excluding carboxylic acids is 2. The molecule has 0 bridgehead atoms. The Balaban J connectivity index is 1.33. The van der Waals surface area contributed by atoms with Crippen molar-refractivity contribution in [1.29, 1.82) is 0 Å². The highest BCUT2D eigenvalue weighted by molar-refractivity contribution is 5.81. The summed E-state index contributed by atoms with van der Waals surface area (Å²) in [5, 5.41) is 0. The van der Waals surface area contributed by atoms with Crippen molar-refractivity contribution in [3.63, 3.8) is 0 Å². The van der Waals surface area contributed by atoms with Crippen molar-refractivity contribution in [2.45, 2.75) is 19.4 Å². The van der Waals surface area contributed by atoms with E-state index in [0.29, 0.717) is 37.8 Å². The molecular formula is C27H27NO5. The molecule has 0 N–H and O–H groups in total. The summed E-state index contributed by atoms with van der Waals surface area (Å²) in [6, 6.07) is 25.2. The molecule has 6 heteroatoms. The van der Waals surface area contributed by atoms with Gasteiger partial charge in [0.2, 0.25) is 0 Å². The van der Waals surface area contributed by atoms with Gasteiger partial charge in [0.25, 0.3) is 5.91 Å². The van der Waals surface area contributed by atoms with Gasteiger partial charge in [-0.05, 0) is 35.2 Å². The summed E-state index contributed by atoms with van der Waals surface area (Å²) in [6.07, 6.45) is 0.789. The standard InChI is InChI=1S/C27H27NO5/c29-26(20-33-27(30)18-23-11-12-24-25(17-23)32-16-15-31-24)28(19-22-9-5-2-6-10-22)14-13-21-7-3-1-4-8-21/h1-12,17H,13-16,18-20H2. The number of nitrogens with zero attached hydrogens (tertiary/aromatic N) is 1. The van der Waals surface area contributed by atoms with Crippen molar-refractivity contribution in [3.05, 3.63) is 95.6 Å². The van der Waals surface area contributed by atoms with Crippen molar-refractivity contribution in [3.8, 4) is 11.5 Å². The highest BCUT2D eigenvalue weighted by Gasteiger charge is 2.18. The Morgan fingerprint density at radius 1 is 0.788 bits per heavy atom. The molecule has 0 saturated heterocycles. The average molecular weight is 446 g/mol. The van der Waals surface area contributed by atoms with E-state index in [1.165, 1.54) is 0 Å². The van der Waals surface area contributed by atoms with Crippen LogP contribution in [0.3, 0.4) is 0 Å². The predicted octanol–water partition coefficient (Wildman–Crippen LogP) is 3.82. The van der Waals surface area contributed by atoms with E-state index in [1.807, 2.05) is 60.7 Å². The van der Waals surface area contributed by atoms with Crippen molar-refractivity contribution in [1.82, 2.24) is 4.90 Å². The van der Waals surface area contributed by atoms with Crippen molar-refractivity contribution >= 4 is 11.9 Å². The second-order valence-corrected chi connectivity index (χ2v) is 7.85. The van der Waals surface area contributed by atoms with E-state index in [0.717, 1.165) is 23.1 Å². The maximum absolute atomic E-state index is 12.9. The molecule has 1 heterocycles. The summed E-state index contributed by atoms with van der Waals surface area (Å²) >= 11 is 0. The second-order valence-electron chi connectivity index (χ2n) is 7.85. The molecule has 1 amide bonds. The van der Waals surface area contributed by atoms with E-state index in [9.17, 15) is 9.59 Å². The van der Waals surface area contributed by atoms with E-state index in [-0.39, 0.29) is 18.9 Å². The molecule has 0 saturated carbocycles. The van der Waals surface area contributed by atoms with Crippen LogP contribution in [0.25, 0.3) is 0 Å². The molecule has 0 aromatic heterocycles. The minimum Gasteiger partial charge on any atom is -0.486 e. The minimum absolute atomic E-state index is 0.0621. The first kappa shape index (κ1) is 22.4. The highest BCUT2D eigenvalue weighted by Crippen LogP contribution is 2.30. The summed E-state index contributed by atoms with van der Waals surface area (Å²) in [4.78, 5) is 27.0. The van der Waals surface area contributed by atoms with Crippen LogP contribution in [0.15, 0.2) is 78.9 Å². The van der Waals surface area contributed by atoms with Crippen molar-refractivity contribution in [2.75, 3.05) is 26.4 Å². The fourth-order valence-electron chi connectivity index (χ4n) is 3.65. The van der Waals surface area contributed by atoms with E-state index in [4.69, 9.17) is 14.2 Å². The molecule has 3 aromatic carbocycles. The quantitative estimate of drug-likeness (QED) is 0.469. The van der Waals surface area contributed by atoms with Crippen LogP contribution in [0.1, 0.15) is 16.7 Å². The monoisotopic (exact) mass is 445 g/mol. The van der Waals surface area contributed by atoms with Gasteiger partial charge in [0.1, 0.15) is 13.2 Å². The first-order valence-electron chi connectivity index (χ1n) is 11.1. The van der Waals surface area contributed by atoms with Gasteiger partial charge < -0.3 is 19.1 Å². The summed E-state index contributed by atoms with van der Waals surface area (Å²) in [6.45, 7) is 1.71. The van der Waals surface area contributed by atoms with Gasteiger partial charge in [0.05, 0.1) is 6.42 Å². The summed E-state index contributed by atoms with van der Waals surface area (Å²) in [7, 11) is 0. The normalized spacial score (nSPS) is 12.1. The van der Waals surface area contributed by atoms with Gasteiger partial charge in [-0.3, -0.25) is 9.59 Å². The molecule has 6 nitrogen and oxygen atoms in total. The Labute approximate surface area is 193 Å². The fourth-order valence-corrected chi connectivity index (χ4v) is 3.65. The molecular weight excluding hydrogens is 418 g/mol. The zero-order valence-electron chi connectivity index (χ0n) is 18.4. The van der Waals surface area contributed by atoms with Gasteiger partial charge in [-0.2, -0.15) is 0 Å². The molecule has 33 heavy (non-hydrogen) atoms. The molecule has 4 rings (SSSR count). The van der Waals surface area contributed by atoms with E-state index in [1.54, 1.807) is 23.1 Å². The molecule has 0 aliphatic carbocycles. The highest BCUT2D eigenvalue weighted by atomic mass is 16.6. The predicted molar refractivity (Wildman–Crippen MR) is 124 cm³/mol. The van der Waals surface area contributed by atoms with Gasteiger partial charge in [0, 0.05) is 13.1 Å². The first-order chi connectivity index (χ1) is 16.2. The SMILES string of the molecule is O=C(Cc1ccc2c(c1)OCCO2)OCC(=O)N(CCc1ccccc1)Cc1ccccc1. The Hall–Kier alpha value is -3.80. The molecule has 0 unspecified atom stereocenters. The van der Waals surface area contributed by atoms with Crippen LogP contribution < -0.4 is 9.47 Å².